The molecule has 0 atom stereocenters. The molecule has 0 amide bonds. The molecule has 1 aliphatic carbocycles. The molecule has 80 valence electrons. The average molecular weight is 218 g/mol. The van der Waals surface area contributed by atoms with E-state index in [1.165, 1.54) is 11.6 Å². The Hall–Kier alpha value is -0.893. The molecule has 1 nitrogen and oxygen atoms in total. The Morgan fingerprint density at radius 1 is 1.20 bits per heavy atom. The number of hydrogen-bond donors (Lipinski definition) is 0. The second kappa shape index (κ2) is 3.93. The van der Waals surface area contributed by atoms with E-state index in [-0.39, 0.29) is 0 Å². The van der Waals surface area contributed by atoms with Crippen LogP contribution in [0.4, 0.5) is 0 Å². The quantitative estimate of drug-likeness (QED) is 0.713. The summed E-state index contributed by atoms with van der Waals surface area (Å²) in [4.78, 5) is 12.3. The van der Waals surface area contributed by atoms with Gasteiger partial charge in [0.15, 0.2) is 8.07 Å². The Morgan fingerprint density at radius 2 is 1.80 bits per heavy atom. The molecular formula is C13H18OSi. The molecule has 2 rings (SSSR count). The van der Waals surface area contributed by atoms with Crippen molar-refractivity contribution < 1.29 is 4.79 Å². The summed E-state index contributed by atoms with van der Waals surface area (Å²) in [6.07, 6.45) is 3.50. The third-order valence-electron chi connectivity index (χ3n) is 3.59. The minimum Gasteiger partial charge on any atom is -0.305 e. The van der Waals surface area contributed by atoms with Crippen LogP contribution < -0.4 is 5.19 Å². The lowest BCUT2D eigenvalue weighted by Gasteiger charge is -2.31. The van der Waals surface area contributed by atoms with Crippen LogP contribution >= 0.6 is 0 Å². The molecule has 1 aromatic rings. The average Bonchev–Trinajstić information content (AvgIpc) is 2.16. The fourth-order valence-corrected chi connectivity index (χ4v) is 4.80. The molecule has 0 saturated heterocycles. The molecule has 0 spiro atoms. The highest BCUT2D eigenvalue weighted by molar-refractivity contribution is 7.13. The van der Waals surface area contributed by atoms with Gasteiger partial charge in [0.2, 0.25) is 0 Å². The SMILES string of the molecule is C[Si](C)(C(=O)C1CCC1)c1ccccc1. The van der Waals surface area contributed by atoms with Crippen molar-refractivity contribution in [3.05, 3.63) is 30.3 Å². The van der Waals surface area contributed by atoms with Gasteiger partial charge in [-0.1, -0.05) is 55.0 Å². The van der Waals surface area contributed by atoms with Crippen molar-refractivity contribution in [3.63, 3.8) is 0 Å². The van der Waals surface area contributed by atoms with E-state index in [9.17, 15) is 4.79 Å². The van der Waals surface area contributed by atoms with Crippen LogP contribution in [0.25, 0.3) is 0 Å². The highest BCUT2D eigenvalue weighted by Crippen LogP contribution is 2.30. The first-order chi connectivity index (χ1) is 7.12. The van der Waals surface area contributed by atoms with Crippen LogP contribution in [0.2, 0.25) is 13.1 Å². The summed E-state index contributed by atoms with van der Waals surface area (Å²) in [6.45, 7) is 4.37. The van der Waals surface area contributed by atoms with Crippen LogP contribution in [0.1, 0.15) is 19.3 Å². The maximum Gasteiger partial charge on any atom is 0.157 e. The first kappa shape index (κ1) is 10.6. The number of benzene rings is 1. The van der Waals surface area contributed by atoms with E-state index in [0.717, 1.165) is 12.8 Å². The molecule has 0 unspecified atom stereocenters. The topological polar surface area (TPSA) is 17.1 Å². The third kappa shape index (κ3) is 1.91. The third-order valence-corrected chi connectivity index (χ3v) is 7.00. The molecule has 1 aromatic carbocycles. The lowest BCUT2D eigenvalue weighted by molar-refractivity contribution is -0.118. The van der Waals surface area contributed by atoms with Gasteiger partial charge in [-0.15, -0.1) is 0 Å². The highest BCUT2D eigenvalue weighted by Gasteiger charge is 2.39. The molecule has 1 fully saturated rings. The Morgan fingerprint density at radius 3 is 2.27 bits per heavy atom. The molecule has 1 saturated carbocycles. The standard InChI is InChI=1S/C13H18OSi/c1-15(2,12-9-4-3-5-10-12)13(14)11-7-6-8-11/h3-5,9-11H,6-8H2,1-2H3. The summed E-state index contributed by atoms with van der Waals surface area (Å²) < 4.78 is 0. The van der Waals surface area contributed by atoms with E-state index in [4.69, 9.17) is 0 Å². The van der Waals surface area contributed by atoms with E-state index in [1.54, 1.807) is 0 Å². The van der Waals surface area contributed by atoms with Crippen LogP contribution in [-0.4, -0.2) is 13.5 Å². The maximum atomic E-state index is 12.3. The van der Waals surface area contributed by atoms with Gasteiger partial charge < -0.3 is 4.79 Å². The fraction of sp³-hybridized carbons (Fsp3) is 0.462. The van der Waals surface area contributed by atoms with Gasteiger partial charge in [0.1, 0.15) is 5.41 Å². The number of carbonyl (C=O) groups excluding carboxylic acids is 1. The van der Waals surface area contributed by atoms with E-state index >= 15 is 0 Å². The summed E-state index contributed by atoms with van der Waals surface area (Å²) in [6, 6.07) is 10.3. The molecule has 0 N–H and O–H groups in total. The predicted molar refractivity (Wildman–Crippen MR) is 65.9 cm³/mol. The molecule has 1 aliphatic rings. The molecule has 0 radical (unpaired) electrons. The van der Waals surface area contributed by atoms with Gasteiger partial charge in [-0.2, -0.15) is 0 Å². The van der Waals surface area contributed by atoms with E-state index in [1.807, 2.05) is 18.2 Å². The molecule has 0 heterocycles. The van der Waals surface area contributed by atoms with Crippen molar-refractivity contribution in [2.24, 2.45) is 5.92 Å². The van der Waals surface area contributed by atoms with Crippen molar-refractivity contribution in [2.45, 2.75) is 32.4 Å². The Labute approximate surface area is 92.5 Å². The van der Waals surface area contributed by atoms with Gasteiger partial charge >= 0.3 is 0 Å². The van der Waals surface area contributed by atoms with Crippen LogP contribution in [0.3, 0.4) is 0 Å². The van der Waals surface area contributed by atoms with Crippen LogP contribution in [0, 0.1) is 5.92 Å². The van der Waals surface area contributed by atoms with Gasteiger partial charge in [-0.05, 0) is 12.8 Å². The van der Waals surface area contributed by atoms with E-state index < -0.39 is 8.07 Å². The molecule has 0 aromatic heterocycles. The smallest absolute Gasteiger partial charge is 0.157 e. The van der Waals surface area contributed by atoms with Crippen molar-refractivity contribution in [1.82, 2.24) is 0 Å². The molecule has 2 heteroatoms. The van der Waals surface area contributed by atoms with Crippen LogP contribution in [0.5, 0.6) is 0 Å². The van der Waals surface area contributed by atoms with Crippen LogP contribution in [-0.2, 0) is 4.79 Å². The Balaban J connectivity index is 2.22. The van der Waals surface area contributed by atoms with Crippen molar-refractivity contribution in [2.75, 3.05) is 0 Å². The normalized spacial score (nSPS) is 17.2. The zero-order chi connectivity index (χ0) is 10.9. The van der Waals surface area contributed by atoms with Gasteiger partial charge in [0.05, 0.1) is 0 Å². The molecular weight excluding hydrogens is 200 g/mol. The van der Waals surface area contributed by atoms with Crippen molar-refractivity contribution in [1.29, 1.82) is 0 Å². The second-order valence-electron chi connectivity index (χ2n) is 4.98. The fourth-order valence-electron chi connectivity index (χ4n) is 2.18. The summed E-state index contributed by atoms with van der Waals surface area (Å²) >= 11 is 0. The molecule has 15 heavy (non-hydrogen) atoms. The second-order valence-corrected chi connectivity index (χ2v) is 9.30. The van der Waals surface area contributed by atoms with Crippen LogP contribution in [0.15, 0.2) is 30.3 Å². The monoisotopic (exact) mass is 218 g/mol. The first-order valence-corrected chi connectivity index (χ1v) is 8.72. The number of hydrogen-bond acceptors (Lipinski definition) is 1. The maximum absolute atomic E-state index is 12.3. The van der Waals surface area contributed by atoms with Crippen molar-refractivity contribution >= 4 is 18.7 Å². The zero-order valence-corrected chi connectivity index (χ0v) is 10.5. The number of carbonyl (C=O) groups is 1. The molecule has 0 bridgehead atoms. The van der Waals surface area contributed by atoms with Gasteiger partial charge in [-0.25, -0.2) is 0 Å². The lowest BCUT2D eigenvalue weighted by Crippen LogP contribution is -2.53. The van der Waals surface area contributed by atoms with Gasteiger partial charge in [0, 0.05) is 5.92 Å². The lowest BCUT2D eigenvalue weighted by atomic mass is 9.87. The van der Waals surface area contributed by atoms with Crippen molar-refractivity contribution in [3.8, 4) is 0 Å². The highest BCUT2D eigenvalue weighted by atomic mass is 28.3. The van der Waals surface area contributed by atoms with Gasteiger partial charge in [0.25, 0.3) is 0 Å². The number of rotatable bonds is 3. The Bertz CT molecular complexity index is 352. The summed E-state index contributed by atoms with van der Waals surface area (Å²) in [5.74, 6) is 0.381. The zero-order valence-electron chi connectivity index (χ0n) is 9.49. The molecule has 0 aliphatic heterocycles. The first-order valence-electron chi connectivity index (χ1n) is 5.72. The van der Waals surface area contributed by atoms with E-state index in [0.29, 0.717) is 11.3 Å². The largest absolute Gasteiger partial charge is 0.305 e. The minimum absolute atomic E-state index is 0.381. The van der Waals surface area contributed by atoms with E-state index in [2.05, 4.69) is 25.2 Å². The summed E-state index contributed by atoms with van der Waals surface area (Å²) in [7, 11) is -1.85. The predicted octanol–water partition coefficient (Wildman–Crippen LogP) is 2.51. The van der Waals surface area contributed by atoms with Gasteiger partial charge in [-0.3, -0.25) is 0 Å². The minimum atomic E-state index is -1.85. The Kier molecular flexibility index (Phi) is 2.78. The summed E-state index contributed by atoms with van der Waals surface area (Å²) in [5.41, 5.74) is 0. The summed E-state index contributed by atoms with van der Waals surface area (Å²) in [5, 5.41) is 1.84.